The average molecular weight is 137 g/mol. The van der Waals surface area contributed by atoms with E-state index in [2.05, 4.69) is 20.8 Å². The van der Waals surface area contributed by atoms with E-state index in [4.69, 9.17) is 11.6 Å². The Bertz CT molecular complexity index is 53.6. The molecule has 1 unspecified atom stereocenters. The zero-order valence-electron chi connectivity index (χ0n) is 5.46. The van der Waals surface area contributed by atoms with Crippen LogP contribution in [0.15, 0.2) is 0 Å². The number of rotatable bonds is 1. The summed E-state index contributed by atoms with van der Waals surface area (Å²) in [6.45, 7) is 6.43. The zero-order chi connectivity index (χ0) is 6.08. The van der Waals surface area contributed by atoms with Crippen molar-refractivity contribution in [2.24, 2.45) is 0 Å². The van der Waals surface area contributed by atoms with Gasteiger partial charge in [0, 0.05) is 15.6 Å². The Morgan fingerprint density at radius 2 is 1.71 bits per heavy atom. The van der Waals surface area contributed by atoms with Crippen molar-refractivity contribution < 1.29 is 0 Å². The van der Waals surface area contributed by atoms with E-state index in [-0.39, 0.29) is 0 Å². The van der Waals surface area contributed by atoms with Gasteiger partial charge in [-0.15, -0.1) is 11.6 Å². The summed E-state index contributed by atoms with van der Waals surface area (Å²) in [4.78, 5) is 0. The Balaban J connectivity index is 3.54. The molecule has 44 valence electrons. The Hall–Kier alpha value is 0.507. The maximum absolute atomic E-state index is 5.79. The second kappa shape index (κ2) is 2.18. The van der Waals surface area contributed by atoms with E-state index in [1.165, 1.54) is 10.2 Å². The van der Waals surface area contributed by atoms with E-state index in [0.29, 0.717) is 10.4 Å². The Morgan fingerprint density at radius 3 is 1.71 bits per heavy atom. The van der Waals surface area contributed by atoms with Crippen LogP contribution in [0.1, 0.15) is 20.8 Å². The van der Waals surface area contributed by atoms with Gasteiger partial charge in [-0.3, -0.25) is 0 Å². The maximum atomic E-state index is 5.79. The van der Waals surface area contributed by atoms with Crippen LogP contribution in [-0.4, -0.2) is 15.6 Å². The van der Waals surface area contributed by atoms with Gasteiger partial charge in [0.15, 0.2) is 0 Å². The highest BCUT2D eigenvalue weighted by Crippen LogP contribution is 2.27. The highest BCUT2D eigenvalue weighted by molar-refractivity contribution is 6.27. The third-order valence-corrected chi connectivity index (χ3v) is 3.08. The molecule has 0 aromatic carbocycles. The molecule has 0 aliphatic carbocycles. The molecule has 7 heavy (non-hydrogen) atoms. The number of halogens is 1. The van der Waals surface area contributed by atoms with Crippen molar-refractivity contribution in [3.8, 4) is 0 Å². The van der Waals surface area contributed by atoms with E-state index in [9.17, 15) is 0 Å². The molecule has 0 heterocycles. The molecule has 0 spiro atoms. The van der Waals surface area contributed by atoms with E-state index >= 15 is 0 Å². The summed E-state index contributed by atoms with van der Waals surface area (Å²) >= 11 is 5.79. The van der Waals surface area contributed by atoms with Gasteiger partial charge in [-0.1, -0.05) is 13.8 Å². The van der Waals surface area contributed by atoms with Crippen LogP contribution in [0.25, 0.3) is 0 Å². The summed E-state index contributed by atoms with van der Waals surface area (Å²) in [5.41, 5.74) is 0. The molecule has 0 radical (unpaired) electrons. The quantitative estimate of drug-likeness (QED) is 0.375. The topological polar surface area (TPSA) is 0 Å². The van der Waals surface area contributed by atoms with Crippen LogP contribution < -0.4 is 0 Å². The highest BCUT2D eigenvalue weighted by atomic mass is 35.5. The van der Waals surface area contributed by atoms with Crippen molar-refractivity contribution in [1.29, 1.82) is 0 Å². The molecule has 0 N–H and O–H groups in total. The Kier molecular flexibility index (Phi) is 2.34. The second-order valence-electron chi connectivity index (χ2n) is 2.98. The second-order valence-corrected chi connectivity index (χ2v) is 6.21. The standard InChI is InChI=1S/C5H13ClSi/c1-4(6)5(2,3)7/h4H,1-3,7H3. The molecule has 0 saturated carbocycles. The van der Waals surface area contributed by atoms with Gasteiger partial charge in [-0.2, -0.15) is 0 Å². The third-order valence-electron chi connectivity index (χ3n) is 1.19. The lowest BCUT2D eigenvalue weighted by molar-refractivity contribution is 0.662. The normalized spacial score (nSPS) is 17.1. The zero-order valence-corrected chi connectivity index (χ0v) is 8.21. The van der Waals surface area contributed by atoms with Gasteiger partial charge in [-0.25, -0.2) is 0 Å². The molecule has 0 bridgehead atoms. The van der Waals surface area contributed by atoms with Crippen LogP contribution in [0.2, 0.25) is 5.04 Å². The fraction of sp³-hybridized carbons (Fsp3) is 1.00. The predicted octanol–water partition coefficient (Wildman–Crippen LogP) is 1.18. The van der Waals surface area contributed by atoms with E-state index in [0.717, 1.165) is 0 Å². The number of hydrogen-bond acceptors (Lipinski definition) is 0. The molecule has 0 saturated heterocycles. The van der Waals surface area contributed by atoms with Gasteiger partial charge in [0.1, 0.15) is 0 Å². The number of alkyl halides is 1. The molecule has 0 amide bonds. The summed E-state index contributed by atoms with van der Waals surface area (Å²) < 4.78 is 0. The minimum atomic E-state index is 0.333. The van der Waals surface area contributed by atoms with Crippen LogP contribution in [0.5, 0.6) is 0 Å². The lowest BCUT2D eigenvalue weighted by atomic mass is 10.1. The molecule has 0 rings (SSSR count). The third kappa shape index (κ3) is 3.12. The minimum Gasteiger partial charge on any atom is -0.123 e. The molecule has 0 nitrogen and oxygen atoms in total. The first-order valence-corrected chi connectivity index (χ1v) is 4.02. The highest BCUT2D eigenvalue weighted by Gasteiger charge is 2.16. The maximum Gasteiger partial charge on any atom is 0.0326 e. The summed E-state index contributed by atoms with van der Waals surface area (Å²) in [6.07, 6.45) is 0. The largest absolute Gasteiger partial charge is 0.123 e. The first-order chi connectivity index (χ1) is 2.94. The van der Waals surface area contributed by atoms with E-state index in [1.54, 1.807) is 0 Å². The van der Waals surface area contributed by atoms with Gasteiger partial charge < -0.3 is 0 Å². The molecular formula is C5H13ClSi. The minimum absolute atomic E-state index is 0.333. The van der Waals surface area contributed by atoms with Crippen LogP contribution >= 0.6 is 11.6 Å². The molecule has 2 heteroatoms. The first-order valence-electron chi connectivity index (χ1n) is 2.58. The average Bonchev–Trinajstić information content (AvgIpc) is 1.31. The molecule has 0 fully saturated rings. The fourth-order valence-corrected chi connectivity index (χ4v) is 0. The summed E-state index contributed by atoms with van der Waals surface area (Å²) in [5, 5.41) is 0.737. The summed E-state index contributed by atoms with van der Waals surface area (Å²) in [6, 6.07) is 0. The van der Waals surface area contributed by atoms with Gasteiger partial charge in [0.2, 0.25) is 0 Å². The van der Waals surface area contributed by atoms with Crippen LogP contribution in [0.3, 0.4) is 0 Å². The van der Waals surface area contributed by atoms with Crippen molar-refractivity contribution in [3.05, 3.63) is 0 Å². The Morgan fingerprint density at radius 1 is 1.57 bits per heavy atom. The Labute approximate surface area is 53.7 Å². The lowest BCUT2D eigenvalue weighted by Crippen LogP contribution is -2.13. The molecule has 0 aliphatic heterocycles. The van der Waals surface area contributed by atoms with Gasteiger partial charge in [0.25, 0.3) is 0 Å². The van der Waals surface area contributed by atoms with Crippen LogP contribution in [0, 0.1) is 0 Å². The van der Waals surface area contributed by atoms with Crippen molar-refractivity contribution in [2.75, 3.05) is 0 Å². The van der Waals surface area contributed by atoms with Crippen molar-refractivity contribution in [3.63, 3.8) is 0 Å². The lowest BCUT2D eigenvalue weighted by Gasteiger charge is -2.20. The first kappa shape index (κ1) is 7.51. The van der Waals surface area contributed by atoms with Gasteiger partial charge >= 0.3 is 0 Å². The van der Waals surface area contributed by atoms with Gasteiger partial charge in [-0.05, 0) is 12.0 Å². The smallest absolute Gasteiger partial charge is 0.0326 e. The molecule has 1 atom stereocenters. The van der Waals surface area contributed by atoms with Crippen LogP contribution in [-0.2, 0) is 0 Å². The fourth-order valence-electron chi connectivity index (χ4n) is 0. The number of hydrogen-bond donors (Lipinski definition) is 0. The molecule has 0 aliphatic rings. The van der Waals surface area contributed by atoms with Gasteiger partial charge in [0.05, 0.1) is 0 Å². The molecule has 0 aromatic rings. The van der Waals surface area contributed by atoms with Crippen LogP contribution in [0.4, 0.5) is 0 Å². The molecule has 0 aromatic heterocycles. The molecular weight excluding hydrogens is 124 g/mol. The monoisotopic (exact) mass is 136 g/mol. The van der Waals surface area contributed by atoms with Crippen molar-refractivity contribution in [2.45, 2.75) is 31.2 Å². The predicted molar refractivity (Wildman–Crippen MR) is 39.3 cm³/mol. The van der Waals surface area contributed by atoms with Crippen molar-refractivity contribution in [1.82, 2.24) is 0 Å². The van der Waals surface area contributed by atoms with E-state index in [1.807, 2.05) is 0 Å². The summed E-state index contributed by atoms with van der Waals surface area (Å²) in [7, 11) is 1.18. The summed E-state index contributed by atoms with van der Waals surface area (Å²) in [5.74, 6) is 0. The van der Waals surface area contributed by atoms with E-state index < -0.39 is 0 Å². The SMILES string of the molecule is CC(Cl)C(C)(C)[SiH3]. The van der Waals surface area contributed by atoms with Crippen molar-refractivity contribution >= 4 is 21.8 Å².